The number of nitrogens with two attached hydrogens (primary N) is 1. The first-order chi connectivity index (χ1) is 10.1. The summed E-state index contributed by atoms with van der Waals surface area (Å²) < 4.78 is 13.2. The van der Waals surface area contributed by atoms with Gasteiger partial charge in [-0.2, -0.15) is 0 Å². The number of amides is 1. The summed E-state index contributed by atoms with van der Waals surface area (Å²) in [7, 11) is 0. The first-order valence-electron chi connectivity index (χ1n) is 7.29. The van der Waals surface area contributed by atoms with Crippen molar-refractivity contribution in [2.45, 2.75) is 31.7 Å². The van der Waals surface area contributed by atoms with Gasteiger partial charge in [0.1, 0.15) is 5.82 Å². The van der Waals surface area contributed by atoms with E-state index in [-0.39, 0.29) is 24.3 Å². The lowest BCUT2D eigenvalue weighted by Crippen LogP contribution is -2.40. The molecular weight excluding hydrogens is 293 g/mol. The Morgan fingerprint density at radius 3 is 2.76 bits per heavy atom. The van der Waals surface area contributed by atoms with Crippen LogP contribution in [0.1, 0.15) is 25.7 Å². The lowest BCUT2D eigenvalue weighted by Gasteiger charge is -2.28. The normalized spacial score (nSPS) is 16.6. The topological polar surface area (TPSA) is 58.4 Å². The molecule has 21 heavy (non-hydrogen) atoms. The molecule has 4 nitrogen and oxygen atoms in total. The van der Waals surface area contributed by atoms with E-state index in [0.29, 0.717) is 17.1 Å². The van der Waals surface area contributed by atoms with Crippen molar-refractivity contribution in [3.8, 4) is 0 Å². The van der Waals surface area contributed by atoms with E-state index in [1.165, 1.54) is 24.6 Å². The molecule has 1 saturated heterocycles. The molecule has 1 heterocycles. The van der Waals surface area contributed by atoms with Gasteiger partial charge in [-0.3, -0.25) is 4.79 Å². The Morgan fingerprint density at radius 1 is 1.38 bits per heavy atom. The Morgan fingerprint density at radius 2 is 2.10 bits per heavy atom. The van der Waals surface area contributed by atoms with Crippen LogP contribution in [0.2, 0.25) is 5.02 Å². The van der Waals surface area contributed by atoms with Gasteiger partial charge < -0.3 is 16.0 Å². The highest BCUT2D eigenvalue weighted by Gasteiger charge is 2.20. The monoisotopic (exact) mass is 313 g/mol. The molecule has 2 rings (SSSR count). The number of hydrogen-bond donors (Lipinski definition) is 2. The summed E-state index contributed by atoms with van der Waals surface area (Å²) in [6.45, 7) is 1.92. The van der Waals surface area contributed by atoms with Gasteiger partial charge in [-0.25, -0.2) is 4.39 Å². The van der Waals surface area contributed by atoms with Gasteiger partial charge in [0, 0.05) is 32.1 Å². The van der Waals surface area contributed by atoms with Crippen LogP contribution in [0.15, 0.2) is 18.2 Å². The summed E-state index contributed by atoms with van der Waals surface area (Å²) in [6, 6.07) is 3.85. The van der Waals surface area contributed by atoms with Crippen LogP contribution >= 0.6 is 11.6 Å². The van der Waals surface area contributed by atoms with E-state index in [0.717, 1.165) is 25.9 Å². The SMILES string of the molecule is NCC(CC(=O)N1CCCCC1)Nc1cc(F)ccc1Cl. The minimum Gasteiger partial charge on any atom is -0.379 e. The van der Waals surface area contributed by atoms with Crippen molar-refractivity contribution < 1.29 is 9.18 Å². The van der Waals surface area contributed by atoms with Gasteiger partial charge in [-0.05, 0) is 37.5 Å². The van der Waals surface area contributed by atoms with Gasteiger partial charge in [0.05, 0.1) is 10.7 Å². The minimum absolute atomic E-state index is 0.0881. The highest BCUT2D eigenvalue weighted by molar-refractivity contribution is 6.33. The van der Waals surface area contributed by atoms with Gasteiger partial charge in [0.25, 0.3) is 0 Å². The van der Waals surface area contributed by atoms with Crippen molar-refractivity contribution >= 4 is 23.2 Å². The molecule has 0 aliphatic carbocycles. The first kappa shape index (κ1) is 16.0. The maximum Gasteiger partial charge on any atom is 0.224 e. The second kappa shape index (κ2) is 7.61. The Labute approximate surface area is 129 Å². The van der Waals surface area contributed by atoms with Crippen molar-refractivity contribution in [3.63, 3.8) is 0 Å². The van der Waals surface area contributed by atoms with Gasteiger partial charge in [0.2, 0.25) is 5.91 Å². The van der Waals surface area contributed by atoms with E-state index >= 15 is 0 Å². The molecule has 1 aliphatic rings. The molecule has 1 unspecified atom stereocenters. The number of likely N-dealkylation sites (tertiary alicyclic amines) is 1. The minimum atomic E-state index is -0.375. The number of anilines is 1. The molecule has 1 aliphatic heterocycles. The van der Waals surface area contributed by atoms with Gasteiger partial charge in [-0.1, -0.05) is 11.6 Å². The van der Waals surface area contributed by atoms with Crippen LogP contribution in [0.3, 0.4) is 0 Å². The number of piperidine rings is 1. The maximum atomic E-state index is 13.2. The fourth-order valence-corrected chi connectivity index (χ4v) is 2.68. The summed E-state index contributed by atoms with van der Waals surface area (Å²) >= 11 is 6.02. The molecule has 0 aromatic heterocycles. The molecule has 0 bridgehead atoms. The molecule has 1 amide bonds. The molecule has 6 heteroatoms. The molecule has 0 spiro atoms. The maximum absolute atomic E-state index is 13.2. The fourth-order valence-electron chi connectivity index (χ4n) is 2.50. The number of benzene rings is 1. The number of hydrogen-bond acceptors (Lipinski definition) is 3. The molecule has 3 N–H and O–H groups in total. The predicted octanol–water partition coefficient (Wildman–Crippen LogP) is 2.62. The zero-order valence-electron chi connectivity index (χ0n) is 11.9. The Kier molecular flexibility index (Phi) is 5.82. The largest absolute Gasteiger partial charge is 0.379 e. The van der Waals surface area contributed by atoms with Crippen LogP contribution in [-0.2, 0) is 4.79 Å². The number of nitrogens with zero attached hydrogens (tertiary/aromatic N) is 1. The van der Waals surface area contributed by atoms with Crippen molar-refractivity contribution in [1.29, 1.82) is 0 Å². The summed E-state index contributed by atoms with van der Waals surface area (Å²) in [4.78, 5) is 14.1. The second-order valence-corrected chi connectivity index (χ2v) is 5.75. The van der Waals surface area contributed by atoms with E-state index in [4.69, 9.17) is 17.3 Å². The third-order valence-corrected chi connectivity index (χ3v) is 4.03. The average Bonchev–Trinajstić information content (AvgIpc) is 2.51. The predicted molar refractivity (Wildman–Crippen MR) is 82.9 cm³/mol. The molecule has 1 atom stereocenters. The molecule has 116 valence electrons. The fraction of sp³-hybridized carbons (Fsp3) is 0.533. The Bertz CT molecular complexity index is 492. The molecule has 1 aromatic carbocycles. The Hall–Kier alpha value is -1.33. The number of nitrogens with one attached hydrogen (secondary N) is 1. The van der Waals surface area contributed by atoms with Crippen LogP contribution in [0.5, 0.6) is 0 Å². The molecule has 0 radical (unpaired) electrons. The molecular formula is C15H21ClFN3O. The smallest absolute Gasteiger partial charge is 0.224 e. The lowest BCUT2D eigenvalue weighted by molar-refractivity contribution is -0.132. The van der Waals surface area contributed by atoms with Crippen LogP contribution in [0.4, 0.5) is 10.1 Å². The zero-order valence-corrected chi connectivity index (χ0v) is 12.7. The van der Waals surface area contributed by atoms with Crippen LogP contribution < -0.4 is 11.1 Å². The third-order valence-electron chi connectivity index (χ3n) is 3.70. The standard InChI is InChI=1S/C15H21ClFN3O/c16-13-5-4-11(17)8-14(13)19-12(10-18)9-15(21)20-6-2-1-3-7-20/h4-5,8,12,19H,1-3,6-7,9-10,18H2. The van der Waals surface area contributed by atoms with E-state index < -0.39 is 0 Å². The molecule has 0 saturated carbocycles. The Balaban J connectivity index is 1.96. The summed E-state index contributed by atoms with van der Waals surface area (Å²) in [5.41, 5.74) is 6.19. The first-order valence-corrected chi connectivity index (χ1v) is 7.67. The zero-order chi connectivity index (χ0) is 15.2. The number of carbonyl (C=O) groups is 1. The summed E-state index contributed by atoms with van der Waals surface area (Å²) in [5, 5.41) is 3.48. The van der Waals surface area contributed by atoms with Crippen LogP contribution in [0, 0.1) is 5.82 Å². The number of carbonyl (C=O) groups excluding carboxylic acids is 1. The van der Waals surface area contributed by atoms with Crippen molar-refractivity contribution in [1.82, 2.24) is 4.90 Å². The van der Waals surface area contributed by atoms with Gasteiger partial charge in [-0.15, -0.1) is 0 Å². The average molecular weight is 314 g/mol. The van der Waals surface area contributed by atoms with Gasteiger partial charge >= 0.3 is 0 Å². The second-order valence-electron chi connectivity index (χ2n) is 5.35. The van der Waals surface area contributed by atoms with E-state index in [2.05, 4.69) is 5.32 Å². The lowest BCUT2D eigenvalue weighted by atomic mass is 10.1. The van der Waals surface area contributed by atoms with E-state index in [9.17, 15) is 9.18 Å². The summed E-state index contributed by atoms with van der Waals surface area (Å²) in [6.07, 6.45) is 3.59. The van der Waals surface area contributed by atoms with Crippen molar-refractivity contribution in [2.24, 2.45) is 5.73 Å². The van der Waals surface area contributed by atoms with Crippen molar-refractivity contribution in [3.05, 3.63) is 29.0 Å². The number of rotatable bonds is 5. The highest BCUT2D eigenvalue weighted by atomic mass is 35.5. The quantitative estimate of drug-likeness (QED) is 0.878. The summed E-state index contributed by atoms with van der Waals surface area (Å²) in [5.74, 6) is -0.287. The highest BCUT2D eigenvalue weighted by Crippen LogP contribution is 2.23. The van der Waals surface area contributed by atoms with Gasteiger partial charge in [0.15, 0.2) is 0 Å². The van der Waals surface area contributed by atoms with Crippen LogP contribution in [-0.4, -0.2) is 36.5 Å². The van der Waals surface area contributed by atoms with Crippen LogP contribution in [0.25, 0.3) is 0 Å². The molecule has 1 aromatic rings. The van der Waals surface area contributed by atoms with Crippen molar-refractivity contribution in [2.75, 3.05) is 25.0 Å². The number of halogens is 2. The van der Waals surface area contributed by atoms with E-state index in [1.807, 2.05) is 4.90 Å². The van der Waals surface area contributed by atoms with E-state index in [1.54, 1.807) is 0 Å². The molecule has 1 fully saturated rings. The third kappa shape index (κ3) is 4.58.